The Kier molecular flexibility index (Phi) is 6.99. The van der Waals surface area contributed by atoms with E-state index >= 15 is 0 Å². The van der Waals surface area contributed by atoms with Crippen LogP contribution in [0.25, 0.3) is 0 Å². The third-order valence-corrected chi connectivity index (χ3v) is 6.67. The third kappa shape index (κ3) is 5.20. The van der Waals surface area contributed by atoms with Crippen LogP contribution in [0.4, 0.5) is 16.3 Å². The second kappa shape index (κ2) is 10.1. The number of carbonyl (C=O) groups is 1. The van der Waals surface area contributed by atoms with Gasteiger partial charge in [0.15, 0.2) is 0 Å². The lowest BCUT2D eigenvalue weighted by Crippen LogP contribution is -2.35. The number of piperidine rings is 1. The molecule has 174 valence electrons. The van der Waals surface area contributed by atoms with Crippen molar-refractivity contribution in [3.8, 4) is 5.75 Å². The lowest BCUT2D eigenvalue weighted by Gasteiger charge is -2.33. The second-order valence-corrected chi connectivity index (χ2v) is 8.74. The number of urea groups is 1. The summed E-state index contributed by atoms with van der Waals surface area (Å²) in [6, 6.07) is 13.8. The van der Waals surface area contributed by atoms with Crippen LogP contribution in [0.1, 0.15) is 41.1 Å². The second-order valence-electron chi connectivity index (χ2n) is 8.74. The molecule has 2 amide bonds. The van der Waals surface area contributed by atoms with Crippen molar-refractivity contribution in [1.29, 1.82) is 0 Å². The summed E-state index contributed by atoms with van der Waals surface area (Å²) in [5.74, 6) is 1.67. The first-order valence-corrected chi connectivity index (χ1v) is 11.5. The summed E-state index contributed by atoms with van der Waals surface area (Å²) >= 11 is 0. The number of nitrogens with one attached hydrogen (secondary N) is 2. The Bertz CT molecular complexity index is 1120. The summed E-state index contributed by atoms with van der Waals surface area (Å²) in [6.45, 7) is 9.18. The first-order chi connectivity index (χ1) is 16.0. The Morgan fingerprint density at radius 2 is 1.79 bits per heavy atom. The summed E-state index contributed by atoms with van der Waals surface area (Å²) in [5, 5.41) is 10.4. The van der Waals surface area contributed by atoms with E-state index < -0.39 is 0 Å². The van der Waals surface area contributed by atoms with Crippen molar-refractivity contribution >= 4 is 17.5 Å². The van der Waals surface area contributed by atoms with Crippen LogP contribution < -0.4 is 15.4 Å². The van der Waals surface area contributed by atoms with Crippen molar-refractivity contribution in [2.45, 2.75) is 46.2 Å². The fraction of sp³-hybridized carbons (Fsp3) is 0.385. The van der Waals surface area contributed by atoms with Gasteiger partial charge >= 0.3 is 6.03 Å². The van der Waals surface area contributed by atoms with Crippen molar-refractivity contribution in [1.82, 2.24) is 14.7 Å². The number of ether oxygens (including phenoxy) is 1. The highest BCUT2D eigenvalue weighted by atomic mass is 16.5. The van der Waals surface area contributed by atoms with E-state index in [-0.39, 0.29) is 12.1 Å². The van der Waals surface area contributed by atoms with Crippen LogP contribution in [-0.2, 0) is 6.54 Å². The normalized spacial score (nSPS) is 14.8. The number of amides is 2. The SMILES string of the molecule is COc1ccc(CN2CCC(n3nccc3NC(=O)Nc3ccccc3C)CC2)c(C)c1C. The Morgan fingerprint density at radius 3 is 2.52 bits per heavy atom. The Labute approximate surface area is 195 Å². The molecule has 2 aromatic carbocycles. The maximum Gasteiger partial charge on any atom is 0.324 e. The van der Waals surface area contributed by atoms with Gasteiger partial charge in [-0.1, -0.05) is 24.3 Å². The van der Waals surface area contributed by atoms with E-state index in [0.29, 0.717) is 0 Å². The van der Waals surface area contributed by atoms with Crippen LogP contribution >= 0.6 is 0 Å². The molecule has 0 unspecified atom stereocenters. The highest BCUT2D eigenvalue weighted by Gasteiger charge is 2.24. The molecule has 7 nitrogen and oxygen atoms in total. The fourth-order valence-electron chi connectivity index (χ4n) is 4.49. The summed E-state index contributed by atoms with van der Waals surface area (Å²) in [6.07, 6.45) is 3.73. The van der Waals surface area contributed by atoms with Gasteiger partial charge in [-0.2, -0.15) is 5.10 Å². The first-order valence-electron chi connectivity index (χ1n) is 11.5. The van der Waals surface area contributed by atoms with Crippen LogP contribution in [0.2, 0.25) is 0 Å². The number of methoxy groups -OCH3 is 1. The molecule has 1 saturated heterocycles. The van der Waals surface area contributed by atoms with E-state index in [2.05, 4.69) is 46.6 Å². The molecule has 1 fully saturated rings. The van der Waals surface area contributed by atoms with Gasteiger partial charge in [-0.05, 0) is 68.0 Å². The molecule has 1 aliphatic heterocycles. The average molecular weight is 448 g/mol. The molecular weight excluding hydrogens is 414 g/mol. The molecule has 0 radical (unpaired) electrons. The number of aryl methyl sites for hydroxylation is 1. The molecule has 0 atom stereocenters. The van der Waals surface area contributed by atoms with E-state index in [1.165, 1.54) is 16.7 Å². The zero-order valence-corrected chi connectivity index (χ0v) is 19.9. The number of benzene rings is 2. The monoisotopic (exact) mass is 447 g/mol. The Hall–Kier alpha value is -3.32. The number of carbonyl (C=O) groups excluding carboxylic acids is 1. The van der Waals surface area contributed by atoms with E-state index in [1.807, 2.05) is 41.9 Å². The standard InChI is InChI=1S/C26H33N5O2/c1-18-7-5-6-8-23(18)28-26(32)29-25-11-14-27-31(25)22-12-15-30(16-13-22)17-21-9-10-24(33-4)20(3)19(21)2/h5-11,14,22H,12-13,15-17H2,1-4H3,(H2,28,29,32). The zero-order chi connectivity index (χ0) is 23.4. The van der Waals surface area contributed by atoms with Crippen LogP contribution in [-0.4, -0.2) is 40.9 Å². The van der Waals surface area contributed by atoms with Gasteiger partial charge in [0.25, 0.3) is 0 Å². The molecular formula is C26H33N5O2. The number of hydrogen-bond acceptors (Lipinski definition) is 4. The Morgan fingerprint density at radius 1 is 1.03 bits per heavy atom. The number of nitrogens with zero attached hydrogens (tertiary/aromatic N) is 3. The maximum absolute atomic E-state index is 12.5. The fourth-order valence-corrected chi connectivity index (χ4v) is 4.49. The van der Waals surface area contributed by atoms with Crippen LogP contribution in [0.3, 0.4) is 0 Å². The smallest absolute Gasteiger partial charge is 0.324 e. The van der Waals surface area contributed by atoms with Gasteiger partial charge in [-0.3, -0.25) is 10.2 Å². The minimum Gasteiger partial charge on any atom is -0.496 e. The van der Waals surface area contributed by atoms with E-state index in [4.69, 9.17) is 4.74 Å². The third-order valence-electron chi connectivity index (χ3n) is 6.67. The van der Waals surface area contributed by atoms with E-state index in [0.717, 1.165) is 55.3 Å². The predicted molar refractivity (Wildman–Crippen MR) is 132 cm³/mol. The number of rotatable bonds is 6. The highest BCUT2D eigenvalue weighted by molar-refractivity contribution is 5.99. The molecule has 33 heavy (non-hydrogen) atoms. The summed E-state index contributed by atoms with van der Waals surface area (Å²) in [5.41, 5.74) is 5.69. The lowest BCUT2D eigenvalue weighted by molar-refractivity contribution is 0.174. The van der Waals surface area contributed by atoms with Crippen LogP contribution in [0.15, 0.2) is 48.7 Å². The molecule has 0 saturated carbocycles. The summed E-state index contributed by atoms with van der Waals surface area (Å²) in [7, 11) is 1.72. The minimum atomic E-state index is -0.256. The van der Waals surface area contributed by atoms with Crippen molar-refractivity contribution in [3.63, 3.8) is 0 Å². The molecule has 2 heterocycles. The molecule has 7 heteroatoms. The molecule has 0 spiro atoms. The average Bonchev–Trinajstić information content (AvgIpc) is 3.27. The quantitative estimate of drug-likeness (QED) is 0.538. The zero-order valence-electron chi connectivity index (χ0n) is 19.9. The number of anilines is 2. The predicted octanol–water partition coefficient (Wildman–Crippen LogP) is 5.30. The Balaban J connectivity index is 1.34. The molecule has 0 aliphatic carbocycles. The number of aromatic nitrogens is 2. The molecule has 2 N–H and O–H groups in total. The van der Waals surface area contributed by atoms with Gasteiger partial charge in [0.05, 0.1) is 19.3 Å². The van der Waals surface area contributed by atoms with Crippen molar-refractivity contribution in [2.75, 3.05) is 30.8 Å². The first kappa shape index (κ1) is 22.9. The summed E-state index contributed by atoms with van der Waals surface area (Å²) in [4.78, 5) is 15.0. The topological polar surface area (TPSA) is 71.4 Å². The van der Waals surface area contributed by atoms with Crippen molar-refractivity contribution < 1.29 is 9.53 Å². The number of likely N-dealkylation sites (tertiary alicyclic amines) is 1. The largest absolute Gasteiger partial charge is 0.496 e. The number of hydrogen-bond donors (Lipinski definition) is 2. The van der Waals surface area contributed by atoms with Gasteiger partial charge in [0.1, 0.15) is 11.6 Å². The highest BCUT2D eigenvalue weighted by Crippen LogP contribution is 2.29. The lowest BCUT2D eigenvalue weighted by atomic mass is 10.00. The van der Waals surface area contributed by atoms with Crippen molar-refractivity contribution in [3.05, 3.63) is 70.9 Å². The van der Waals surface area contributed by atoms with E-state index in [9.17, 15) is 4.79 Å². The molecule has 3 aromatic rings. The summed E-state index contributed by atoms with van der Waals surface area (Å²) < 4.78 is 7.40. The van der Waals surface area contributed by atoms with Gasteiger partial charge in [-0.15, -0.1) is 0 Å². The van der Waals surface area contributed by atoms with Crippen molar-refractivity contribution in [2.24, 2.45) is 0 Å². The maximum atomic E-state index is 12.5. The molecule has 1 aromatic heterocycles. The van der Waals surface area contributed by atoms with Crippen LogP contribution in [0, 0.1) is 20.8 Å². The van der Waals surface area contributed by atoms with Gasteiger partial charge in [0.2, 0.25) is 0 Å². The van der Waals surface area contributed by atoms with Gasteiger partial charge in [0, 0.05) is 31.4 Å². The van der Waals surface area contributed by atoms with E-state index in [1.54, 1.807) is 13.3 Å². The van der Waals surface area contributed by atoms with Gasteiger partial charge in [-0.25, -0.2) is 9.48 Å². The molecule has 1 aliphatic rings. The minimum absolute atomic E-state index is 0.256. The van der Waals surface area contributed by atoms with Crippen LogP contribution in [0.5, 0.6) is 5.75 Å². The molecule has 0 bridgehead atoms. The number of para-hydroxylation sites is 1. The molecule has 4 rings (SSSR count). The van der Waals surface area contributed by atoms with Gasteiger partial charge < -0.3 is 10.1 Å².